The first-order valence-electron chi connectivity index (χ1n) is 7.30. The molecule has 0 unspecified atom stereocenters. The fourth-order valence-corrected chi connectivity index (χ4v) is 2.71. The molecule has 0 fully saturated rings. The van der Waals surface area contributed by atoms with Gasteiger partial charge in [0.15, 0.2) is 0 Å². The topological polar surface area (TPSA) is 50.1 Å². The molecule has 0 spiro atoms. The Morgan fingerprint density at radius 1 is 1.26 bits per heavy atom. The Bertz CT molecular complexity index is 394. The summed E-state index contributed by atoms with van der Waals surface area (Å²) in [7, 11) is 1.99. The molecule has 0 saturated heterocycles. The average Bonchev–Trinajstić information content (AvgIpc) is 2.64. The zero-order valence-electron chi connectivity index (χ0n) is 13.1. The molecule has 1 rings (SSSR count). The molecule has 2 N–H and O–H groups in total. The van der Waals surface area contributed by atoms with Crippen LogP contribution >= 0.6 is 0 Å². The molecule has 0 atom stereocenters. The summed E-state index contributed by atoms with van der Waals surface area (Å²) in [5.41, 5.74) is 3.85. The highest BCUT2D eigenvalue weighted by atomic mass is 16.3. The van der Waals surface area contributed by atoms with E-state index in [1.165, 1.54) is 11.3 Å². The van der Waals surface area contributed by atoms with Gasteiger partial charge in [0.1, 0.15) is 0 Å². The van der Waals surface area contributed by atoms with Crippen molar-refractivity contribution in [3.63, 3.8) is 0 Å². The summed E-state index contributed by atoms with van der Waals surface area (Å²) in [5.74, 6) is 0. The third kappa shape index (κ3) is 3.80. The Morgan fingerprint density at radius 3 is 2.32 bits per heavy atom. The van der Waals surface area contributed by atoms with Crippen molar-refractivity contribution in [3.8, 4) is 0 Å². The summed E-state index contributed by atoms with van der Waals surface area (Å²) >= 11 is 0. The van der Waals surface area contributed by atoms with E-state index in [0.717, 1.165) is 38.0 Å². The number of hydrogen-bond donors (Lipinski definition) is 2. The van der Waals surface area contributed by atoms with Gasteiger partial charge in [-0.15, -0.1) is 0 Å². The highest BCUT2D eigenvalue weighted by molar-refractivity contribution is 5.23. The largest absolute Gasteiger partial charge is 0.396 e. The quantitative estimate of drug-likeness (QED) is 0.760. The van der Waals surface area contributed by atoms with Crippen molar-refractivity contribution in [1.82, 2.24) is 15.1 Å². The molecular weight excluding hydrogens is 238 g/mol. The van der Waals surface area contributed by atoms with Gasteiger partial charge in [0.05, 0.1) is 5.69 Å². The number of aromatic nitrogens is 2. The highest BCUT2D eigenvalue weighted by Gasteiger charge is 2.25. The summed E-state index contributed by atoms with van der Waals surface area (Å²) in [6, 6.07) is 0. The zero-order chi connectivity index (χ0) is 14.5. The van der Waals surface area contributed by atoms with Crippen molar-refractivity contribution in [1.29, 1.82) is 0 Å². The lowest BCUT2D eigenvalue weighted by molar-refractivity contribution is 0.163. The van der Waals surface area contributed by atoms with E-state index in [-0.39, 0.29) is 12.0 Å². The maximum absolute atomic E-state index is 9.23. The van der Waals surface area contributed by atoms with Crippen LogP contribution in [0.2, 0.25) is 0 Å². The maximum Gasteiger partial charge on any atom is 0.0641 e. The standard InChI is InChI=1S/C15H29N3O/c1-6-15(7-2,8-9-19)11-16-10-14-12(3)17-18(5)13(14)4/h16,19H,6-11H2,1-5H3. The van der Waals surface area contributed by atoms with E-state index in [2.05, 4.69) is 38.1 Å². The lowest BCUT2D eigenvalue weighted by atomic mass is 9.79. The third-order valence-electron chi connectivity index (χ3n) is 4.60. The number of nitrogens with zero attached hydrogens (tertiary/aromatic N) is 2. The van der Waals surface area contributed by atoms with Crippen molar-refractivity contribution in [3.05, 3.63) is 17.0 Å². The number of aryl methyl sites for hydroxylation is 2. The van der Waals surface area contributed by atoms with Gasteiger partial charge in [0.2, 0.25) is 0 Å². The van der Waals surface area contributed by atoms with Crippen molar-refractivity contribution >= 4 is 0 Å². The van der Waals surface area contributed by atoms with Crippen molar-refractivity contribution in [2.75, 3.05) is 13.2 Å². The first-order chi connectivity index (χ1) is 8.99. The number of aliphatic hydroxyl groups is 1. The number of hydrogen-bond acceptors (Lipinski definition) is 3. The minimum absolute atomic E-state index is 0.221. The van der Waals surface area contributed by atoms with Gasteiger partial charge in [0, 0.05) is 38.0 Å². The van der Waals surface area contributed by atoms with Crippen LogP contribution in [0.5, 0.6) is 0 Å². The Balaban J connectivity index is 2.61. The van der Waals surface area contributed by atoms with Crippen LogP contribution in [0.15, 0.2) is 0 Å². The second kappa shape index (κ2) is 7.06. The molecule has 0 aromatic carbocycles. The van der Waals surface area contributed by atoms with Gasteiger partial charge in [-0.25, -0.2) is 0 Å². The van der Waals surface area contributed by atoms with Gasteiger partial charge in [0.25, 0.3) is 0 Å². The Morgan fingerprint density at radius 2 is 1.89 bits per heavy atom. The van der Waals surface area contributed by atoms with Crippen LogP contribution in [0.4, 0.5) is 0 Å². The van der Waals surface area contributed by atoms with Crippen LogP contribution in [0, 0.1) is 19.3 Å². The summed E-state index contributed by atoms with van der Waals surface area (Å²) in [4.78, 5) is 0. The molecule has 0 saturated carbocycles. The van der Waals surface area contributed by atoms with Crippen molar-refractivity contribution in [2.45, 2.75) is 53.5 Å². The predicted molar refractivity (Wildman–Crippen MR) is 79.1 cm³/mol. The van der Waals surface area contributed by atoms with Crippen LogP contribution in [-0.2, 0) is 13.6 Å². The SMILES string of the molecule is CCC(CC)(CCO)CNCc1c(C)nn(C)c1C. The average molecular weight is 267 g/mol. The number of aliphatic hydroxyl groups excluding tert-OH is 1. The van der Waals surface area contributed by atoms with Gasteiger partial charge in [-0.1, -0.05) is 13.8 Å². The fraction of sp³-hybridized carbons (Fsp3) is 0.800. The van der Waals surface area contributed by atoms with Crippen LogP contribution in [0.1, 0.15) is 50.1 Å². The normalized spacial score (nSPS) is 12.1. The Labute approximate surface area is 117 Å². The molecule has 1 aromatic heterocycles. The first kappa shape index (κ1) is 16.2. The van der Waals surface area contributed by atoms with E-state index in [1.807, 2.05) is 11.7 Å². The summed E-state index contributed by atoms with van der Waals surface area (Å²) in [6.07, 6.45) is 3.07. The molecular formula is C15H29N3O. The highest BCUT2D eigenvalue weighted by Crippen LogP contribution is 2.29. The van der Waals surface area contributed by atoms with Crippen LogP contribution in [0.3, 0.4) is 0 Å². The zero-order valence-corrected chi connectivity index (χ0v) is 13.1. The van der Waals surface area contributed by atoms with Gasteiger partial charge in [-0.3, -0.25) is 4.68 Å². The summed E-state index contributed by atoms with van der Waals surface area (Å²) in [6.45, 7) is 10.7. The third-order valence-corrected chi connectivity index (χ3v) is 4.60. The van der Waals surface area contributed by atoms with Crippen molar-refractivity contribution < 1.29 is 5.11 Å². The van der Waals surface area contributed by atoms with Gasteiger partial charge in [-0.2, -0.15) is 5.10 Å². The monoisotopic (exact) mass is 267 g/mol. The molecule has 110 valence electrons. The van der Waals surface area contributed by atoms with E-state index in [4.69, 9.17) is 0 Å². The minimum atomic E-state index is 0.221. The van der Waals surface area contributed by atoms with E-state index in [1.54, 1.807) is 0 Å². The lowest BCUT2D eigenvalue weighted by Crippen LogP contribution is -2.34. The first-order valence-corrected chi connectivity index (χ1v) is 7.30. The molecule has 1 aromatic rings. The van der Waals surface area contributed by atoms with E-state index >= 15 is 0 Å². The molecule has 0 radical (unpaired) electrons. The van der Waals surface area contributed by atoms with E-state index in [0.29, 0.717) is 0 Å². The second-order valence-electron chi connectivity index (χ2n) is 5.56. The minimum Gasteiger partial charge on any atom is -0.396 e. The molecule has 4 nitrogen and oxygen atoms in total. The molecule has 0 aliphatic rings. The summed E-state index contributed by atoms with van der Waals surface area (Å²) < 4.78 is 1.94. The number of rotatable bonds is 8. The van der Waals surface area contributed by atoms with Crippen LogP contribution < -0.4 is 5.32 Å². The molecule has 0 bridgehead atoms. The predicted octanol–water partition coefficient (Wildman–Crippen LogP) is 2.32. The van der Waals surface area contributed by atoms with Gasteiger partial charge < -0.3 is 10.4 Å². The molecule has 0 aliphatic heterocycles. The molecule has 1 heterocycles. The van der Waals surface area contributed by atoms with Crippen molar-refractivity contribution in [2.24, 2.45) is 12.5 Å². The Kier molecular flexibility index (Phi) is 6.01. The number of nitrogens with one attached hydrogen (secondary N) is 1. The van der Waals surface area contributed by atoms with E-state index in [9.17, 15) is 5.11 Å². The molecule has 0 aliphatic carbocycles. The molecule has 19 heavy (non-hydrogen) atoms. The summed E-state index contributed by atoms with van der Waals surface area (Å²) in [5, 5.41) is 17.2. The van der Waals surface area contributed by atoms with Crippen LogP contribution in [-0.4, -0.2) is 28.0 Å². The molecule has 4 heteroatoms. The van der Waals surface area contributed by atoms with Gasteiger partial charge in [-0.05, 0) is 38.5 Å². The van der Waals surface area contributed by atoms with E-state index < -0.39 is 0 Å². The molecule has 0 amide bonds. The van der Waals surface area contributed by atoms with Gasteiger partial charge >= 0.3 is 0 Å². The Hall–Kier alpha value is -0.870. The second-order valence-corrected chi connectivity index (χ2v) is 5.56. The lowest BCUT2D eigenvalue weighted by Gasteiger charge is -2.31. The smallest absolute Gasteiger partial charge is 0.0641 e. The van der Waals surface area contributed by atoms with Crippen LogP contribution in [0.25, 0.3) is 0 Å². The fourth-order valence-electron chi connectivity index (χ4n) is 2.71. The maximum atomic E-state index is 9.23.